The zero-order valence-electron chi connectivity index (χ0n) is 17.4. The lowest BCUT2D eigenvalue weighted by atomic mass is 10.2. The Balaban J connectivity index is 1.83. The van der Waals surface area contributed by atoms with E-state index in [0.717, 1.165) is 12.1 Å². The van der Waals surface area contributed by atoms with Gasteiger partial charge in [0.05, 0.1) is 24.2 Å². The highest BCUT2D eigenvalue weighted by atomic mass is 32.2. The van der Waals surface area contributed by atoms with E-state index >= 15 is 0 Å². The summed E-state index contributed by atoms with van der Waals surface area (Å²) in [4.78, 5) is 6.13. The highest BCUT2D eigenvalue weighted by Crippen LogP contribution is 2.36. The minimum atomic E-state index is -4.05. The number of sulfone groups is 1. The van der Waals surface area contributed by atoms with Gasteiger partial charge in [-0.3, -0.25) is 0 Å². The number of methoxy groups -OCH3 is 1. The summed E-state index contributed by atoms with van der Waals surface area (Å²) in [5.41, 5.74) is 0.608. The Morgan fingerprint density at radius 3 is 2.23 bits per heavy atom. The monoisotopic (exact) mass is 446 g/mol. The summed E-state index contributed by atoms with van der Waals surface area (Å²) in [7, 11) is -2.49. The zero-order chi connectivity index (χ0) is 22.2. The lowest BCUT2D eigenvalue weighted by Gasteiger charge is -2.35. The van der Waals surface area contributed by atoms with E-state index in [1.807, 2.05) is 18.7 Å². The van der Waals surface area contributed by atoms with Crippen molar-refractivity contribution in [3.8, 4) is 17.2 Å². The first kappa shape index (κ1) is 21.3. The number of oxazole rings is 1. The number of aromatic nitrogens is 1. The zero-order valence-corrected chi connectivity index (χ0v) is 18.2. The average molecular weight is 447 g/mol. The van der Waals surface area contributed by atoms with E-state index in [9.17, 15) is 12.8 Å². The van der Waals surface area contributed by atoms with Crippen LogP contribution in [-0.4, -0.2) is 45.8 Å². The van der Waals surface area contributed by atoms with E-state index in [1.54, 1.807) is 31.4 Å². The van der Waals surface area contributed by atoms with Crippen LogP contribution < -0.4 is 9.64 Å². The molecule has 0 amide bonds. The van der Waals surface area contributed by atoms with Gasteiger partial charge < -0.3 is 18.8 Å². The molecule has 7 nitrogen and oxygen atoms in total. The third kappa shape index (κ3) is 4.28. The number of anilines is 1. The number of halogens is 1. The molecule has 2 heterocycles. The molecule has 0 spiro atoms. The first-order chi connectivity index (χ1) is 14.8. The lowest BCUT2D eigenvalue weighted by Crippen LogP contribution is -2.45. The fraction of sp³-hybridized carbons (Fsp3) is 0.318. The quantitative estimate of drug-likeness (QED) is 0.549. The van der Waals surface area contributed by atoms with Crippen molar-refractivity contribution in [2.24, 2.45) is 0 Å². The molecule has 3 aromatic rings. The van der Waals surface area contributed by atoms with E-state index < -0.39 is 15.7 Å². The Morgan fingerprint density at radius 1 is 1.03 bits per heavy atom. The number of hydrogen-bond donors (Lipinski definition) is 0. The molecule has 31 heavy (non-hydrogen) atoms. The number of nitrogens with zero attached hydrogens (tertiary/aromatic N) is 2. The van der Waals surface area contributed by atoms with Crippen LogP contribution in [0.2, 0.25) is 0 Å². The van der Waals surface area contributed by atoms with Gasteiger partial charge in [0.1, 0.15) is 11.6 Å². The second-order valence-corrected chi connectivity index (χ2v) is 9.34. The van der Waals surface area contributed by atoms with Crippen LogP contribution in [0.3, 0.4) is 0 Å². The van der Waals surface area contributed by atoms with Crippen LogP contribution in [0.5, 0.6) is 5.75 Å². The van der Waals surface area contributed by atoms with Crippen molar-refractivity contribution < 1.29 is 26.7 Å². The molecule has 0 N–H and O–H groups in total. The number of ether oxygens (including phenoxy) is 2. The maximum Gasteiger partial charge on any atom is 0.236 e. The van der Waals surface area contributed by atoms with Crippen LogP contribution in [0.25, 0.3) is 11.5 Å². The van der Waals surface area contributed by atoms with Gasteiger partial charge in [-0.25, -0.2) is 12.8 Å². The molecule has 2 atom stereocenters. The minimum absolute atomic E-state index is 0.0564. The molecule has 1 aliphatic heterocycles. The molecule has 9 heteroatoms. The molecule has 4 rings (SSSR count). The third-order valence-corrected chi connectivity index (χ3v) is 6.67. The maximum absolute atomic E-state index is 13.4. The Labute approximate surface area is 180 Å². The molecule has 1 aromatic heterocycles. The summed E-state index contributed by atoms with van der Waals surface area (Å²) in [5.74, 6) is 0.460. The predicted octanol–water partition coefficient (Wildman–Crippen LogP) is 3.94. The van der Waals surface area contributed by atoms with Crippen molar-refractivity contribution in [1.82, 2.24) is 4.98 Å². The summed E-state index contributed by atoms with van der Waals surface area (Å²) in [6.45, 7) is 4.73. The predicted molar refractivity (Wildman–Crippen MR) is 113 cm³/mol. The molecule has 0 radical (unpaired) electrons. The van der Waals surface area contributed by atoms with E-state index in [0.29, 0.717) is 24.4 Å². The van der Waals surface area contributed by atoms with Crippen molar-refractivity contribution in [1.29, 1.82) is 0 Å². The van der Waals surface area contributed by atoms with Gasteiger partial charge in [0.15, 0.2) is 0 Å². The first-order valence-electron chi connectivity index (χ1n) is 9.84. The van der Waals surface area contributed by atoms with Crippen LogP contribution in [0.15, 0.2) is 62.9 Å². The highest BCUT2D eigenvalue weighted by molar-refractivity contribution is 7.91. The van der Waals surface area contributed by atoms with Gasteiger partial charge in [-0.15, -0.1) is 0 Å². The van der Waals surface area contributed by atoms with Crippen LogP contribution in [-0.2, 0) is 14.6 Å². The molecule has 0 saturated carbocycles. The van der Waals surface area contributed by atoms with E-state index in [-0.39, 0.29) is 33.9 Å². The van der Waals surface area contributed by atoms with Crippen molar-refractivity contribution in [3.63, 3.8) is 0 Å². The summed E-state index contributed by atoms with van der Waals surface area (Å²) in [6.07, 6.45) is -0.223. The van der Waals surface area contributed by atoms with Gasteiger partial charge in [0, 0.05) is 18.7 Å². The summed E-state index contributed by atoms with van der Waals surface area (Å²) >= 11 is 0. The first-order valence-corrected chi connectivity index (χ1v) is 11.3. The minimum Gasteiger partial charge on any atom is -0.497 e. The number of morpholine rings is 1. The van der Waals surface area contributed by atoms with Gasteiger partial charge in [0.25, 0.3) is 0 Å². The van der Waals surface area contributed by atoms with Crippen molar-refractivity contribution >= 4 is 15.7 Å². The van der Waals surface area contributed by atoms with Gasteiger partial charge in [0.2, 0.25) is 26.6 Å². The fourth-order valence-electron chi connectivity index (χ4n) is 3.60. The van der Waals surface area contributed by atoms with Gasteiger partial charge >= 0.3 is 0 Å². The second-order valence-electron chi connectivity index (χ2n) is 7.48. The Bertz CT molecular complexity index is 1150. The summed E-state index contributed by atoms with van der Waals surface area (Å²) in [5, 5.41) is -0.203. The Hall–Kier alpha value is -2.91. The molecule has 1 fully saturated rings. The van der Waals surface area contributed by atoms with Crippen molar-refractivity contribution in [2.75, 3.05) is 25.1 Å². The smallest absolute Gasteiger partial charge is 0.236 e. The maximum atomic E-state index is 13.4. The molecule has 1 aliphatic rings. The van der Waals surface area contributed by atoms with Crippen LogP contribution in [0.1, 0.15) is 13.8 Å². The van der Waals surface area contributed by atoms with Crippen LogP contribution in [0.4, 0.5) is 10.3 Å². The third-order valence-electron chi connectivity index (χ3n) is 5.00. The average Bonchev–Trinajstić information content (AvgIpc) is 3.20. The lowest BCUT2D eigenvalue weighted by molar-refractivity contribution is -0.00657. The molecule has 1 saturated heterocycles. The highest BCUT2D eigenvalue weighted by Gasteiger charge is 2.34. The number of benzene rings is 2. The van der Waals surface area contributed by atoms with E-state index in [1.165, 1.54) is 12.1 Å². The van der Waals surface area contributed by atoms with Crippen LogP contribution in [0, 0.1) is 5.82 Å². The number of hydrogen-bond acceptors (Lipinski definition) is 7. The standard InChI is InChI=1S/C22H23FN2O5S/c1-14-12-25(13-15(2)29-14)22-21(31(26,27)19-10-6-17(23)7-11-19)24-20(30-22)16-4-8-18(28-3)9-5-16/h4-11,14-15H,12-13H2,1-3H3. The van der Waals surface area contributed by atoms with Gasteiger partial charge in [-0.05, 0) is 62.4 Å². The summed E-state index contributed by atoms with van der Waals surface area (Å²) < 4.78 is 57.1. The molecular weight excluding hydrogens is 423 g/mol. The van der Waals surface area contributed by atoms with E-state index in [2.05, 4.69) is 4.98 Å². The fourth-order valence-corrected chi connectivity index (χ4v) is 4.92. The SMILES string of the molecule is COc1ccc(-c2nc(S(=O)(=O)c3ccc(F)cc3)c(N3CC(C)OC(C)C3)o2)cc1. The van der Waals surface area contributed by atoms with Crippen molar-refractivity contribution in [2.45, 2.75) is 36.0 Å². The molecule has 2 unspecified atom stereocenters. The summed E-state index contributed by atoms with van der Waals surface area (Å²) in [6, 6.07) is 11.6. The molecule has 164 valence electrons. The molecule has 0 aliphatic carbocycles. The molecule has 0 bridgehead atoms. The number of rotatable bonds is 5. The molecular formula is C22H23FN2O5S. The van der Waals surface area contributed by atoms with Crippen LogP contribution >= 0.6 is 0 Å². The van der Waals surface area contributed by atoms with E-state index in [4.69, 9.17) is 13.9 Å². The topological polar surface area (TPSA) is 81.9 Å². The largest absolute Gasteiger partial charge is 0.497 e. The van der Waals surface area contributed by atoms with Crippen molar-refractivity contribution in [3.05, 3.63) is 54.3 Å². The Kier molecular flexibility index (Phi) is 5.72. The molecule has 2 aromatic carbocycles. The van der Waals surface area contributed by atoms with Gasteiger partial charge in [-0.1, -0.05) is 0 Å². The normalized spacial score (nSPS) is 19.4. The van der Waals surface area contributed by atoms with Gasteiger partial charge in [-0.2, -0.15) is 4.98 Å². The second kappa shape index (κ2) is 8.32. The Morgan fingerprint density at radius 2 is 1.65 bits per heavy atom.